The molecule has 0 aliphatic carbocycles. The van der Waals surface area contributed by atoms with Crippen molar-refractivity contribution in [3.05, 3.63) is 41.6 Å². The maximum absolute atomic E-state index is 11.1. The third kappa shape index (κ3) is 3.21. The van der Waals surface area contributed by atoms with Gasteiger partial charge in [0.1, 0.15) is 13.2 Å². The van der Waals surface area contributed by atoms with E-state index in [0.29, 0.717) is 22.4 Å². The van der Waals surface area contributed by atoms with Gasteiger partial charge >= 0.3 is 5.97 Å². The Morgan fingerprint density at radius 1 is 1.24 bits per heavy atom. The van der Waals surface area contributed by atoms with Gasteiger partial charge in [0.05, 0.1) is 17.3 Å². The highest BCUT2D eigenvalue weighted by Crippen LogP contribution is 2.31. The molecule has 25 heavy (non-hydrogen) atoms. The maximum atomic E-state index is 11.1. The molecule has 0 amide bonds. The molecule has 1 aromatic carbocycles. The number of carbonyl (C=O) groups is 1. The van der Waals surface area contributed by atoms with Crippen LogP contribution in [0, 0.1) is 6.92 Å². The van der Waals surface area contributed by atoms with E-state index in [1.54, 1.807) is 19.3 Å². The summed E-state index contributed by atoms with van der Waals surface area (Å²) in [5, 5.41) is 33.1. The molecule has 8 nitrogen and oxygen atoms in total. The van der Waals surface area contributed by atoms with Crippen molar-refractivity contribution >= 4 is 16.9 Å². The number of benzene rings is 1. The molecule has 0 saturated heterocycles. The number of carboxylic acid groups (broad SMARTS) is 1. The fourth-order valence-electron chi connectivity index (χ4n) is 2.85. The van der Waals surface area contributed by atoms with E-state index in [9.17, 15) is 9.90 Å². The van der Waals surface area contributed by atoms with Crippen LogP contribution in [0.3, 0.4) is 0 Å². The van der Waals surface area contributed by atoms with E-state index in [2.05, 4.69) is 15.1 Å². The van der Waals surface area contributed by atoms with E-state index in [1.807, 2.05) is 19.1 Å². The largest absolute Gasteiger partial charge is 0.480 e. The van der Waals surface area contributed by atoms with Gasteiger partial charge in [-0.05, 0) is 37.1 Å². The van der Waals surface area contributed by atoms with E-state index < -0.39 is 12.1 Å². The zero-order chi connectivity index (χ0) is 18.1. The van der Waals surface area contributed by atoms with Crippen LogP contribution in [-0.4, -0.2) is 41.0 Å². The molecule has 0 saturated carbocycles. The van der Waals surface area contributed by atoms with E-state index >= 15 is 0 Å². The zero-order valence-corrected chi connectivity index (χ0v) is 13.8. The Morgan fingerprint density at radius 2 is 1.92 bits per heavy atom. The SMILES string of the molecule is Cc1cc(-c2cnc(CO)nc2)cc2c(C(C)O)nn(CC(=O)O)c12. The van der Waals surface area contributed by atoms with Gasteiger partial charge in [-0.2, -0.15) is 5.10 Å². The average Bonchev–Trinajstić information content (AvgIpc) is 2.93. The topological polar surface area (TPSA) is 121 Å². The van der Waals surface area contributed by atoms with Gasteiger partial charge in [-0.15, -0.1) is 0 Å². The molecule has 0 aliphatic heterocycles. The van der Waals surface area contributed by atoms with Gasteiger partial charge in [0, 0.05) is 23.3 Å². The standard InChI is InChI=1S/C17H18N4O4/c1-9-3-11(12-5-18-14(8-22)19-6-12)4-13-16(10(2)23)20-21(17(9)13)7-15(24)25/h3-6,10,22-23H,7-8H2,1-2H3,(H,24,25). The lowest BCUT2D eigenvalue weighted by atomic mass is 10.0. The van der Waals surface area contributed by atoms with Crippen molar-refractivity contribution in [1.29, 1.82) is 0 Å². The van der Waals surface area contributed by atoms with Crippen molar-refractivity contribution < 1.29 is 20.1 Å². The first-order valence-corrected chi connectivity index (χ1v) is 7.73. The van der Waals surface area contributed by atoms with Crippen molar-refractivity contribution in [3.8, 4) is 11.1 Å². The summed E-state index contributed by atoms with van der Waals surface area (Å²) in [5.74, 6) is -0.668. The molecular weight excluding hydrogens is 324 g/mol. The average molecular weight is 342 g/mol. The second kappa shape index (κ2) is 6.58. The van der Waals surface area contributed by atoms with Crippen molar-refractivity contribution in [2.45, 2.75) is 33.1 Å². The van der Waals surface area contributed by atoms with Crippen LogP contribution in [0.25, 0.3) is 22.0 Å². The number of aliphatic hydroxyl groups excluding tert-OH is 2. The van der Waals surface area contributed by atoms with Gasteiger partial charge in [-0.1, -0.05) is 0 Å². The number of carboxylic acids is 1. The highest BCUT2D eigenvalue weighted by Gasteiger charge is 2.19. The number of hydrogen-bond donors (Lipinski definition) is 3. The normalized spacial score (nSPS) is 12.5. The van der Waals surface area contributed by atoms with Crippen molar-refractivity contribution in [2.75, 3.05) is 0 Å². The first kappa shape index (κ1) is 17.0. The minimum atomic E-state index is -1.00. The first-order chi connectivity index (χ1) is 11.9. The molecule has 0 fully saturated rings. The van der Waals surface area contributed by atoms with Gasteiger partial charge in [0.2, 0.25) is 0 Å². The molecule has 130 valence electrons. The molecule has 8 heteroatoms. The molecule has 0 radical (unpaired) electrons. The van der Waals surface area contributed by atoms with Crippen LogP contribution in [0.4, 0.5) is 0 Å². The van der Waals surface area contributed by atoms with Crippen LogP contribution in [0.5, 0.6) is 0 Å². The summed E-state index contributed by atoms with van der Waals surface area (Å²) < 4.78 is 1.39. The lowest BCUT2D eigenvalue weighted by Crippen LogP contribution is -2.11. The van der Waals surface area contributed by atoms with Crippen molar-refractivity contribution in [2.24, 2.45) is 0 Å². The Balaban J connectivity index is 2.20. The number of nitrogens with zero attached hydrogens (tertiary/aromatic N) is 4. The third-order valence-electron chi connectivity index (χ3n) is 3.92. The van der Waals surface area contributed by atoms with Crippen LogP contribution >= 0.6 is 0 Å². The van der Waals surface area contributed by atoms with Crippen LogP contribution in [0.2, 0.25) is 0 Å². The summed E-state index contributed by atoms with van der Waals surface area (Å²) in [6.07, 6.45) is 2.39. The van der Waals surface area contributed by atoms with E-state index in [1.165, 1.54) is 4.68 Å². The molecule has 0 spiro atoms. The summed E-state index contributed by atoms with van der Waals surface area (Å²) in [4.78, 5) is 19.2. The Hall–Kier alpha value is -2.84. The highest BCUT2D eigenvalue weighted by molar-refractivity contribution is 5.90. The summed E-state index contributed by atoms with van der Waals surface area (Å²) in [5.41, 5.74) is 3.51. The monoisotopic (exact) mass is 342 g/mol. The second-order valence-electron chi connectivity index (χ2n) is 5.85. The van der Waals surface area contributed by atoms with E-state index in [-0.39, 0.29) is 13.2 Å². The number of aliphatic hydroxyl groups is 2. The van der Waals surface area contributed by atoms with Crippen molar-refractivity contribution in [3.63, 3.8) is 0 Å². The lowest BCUT2D eigenvalue weighted by Gasteiger charge is -2.07. The minimum absolute atomic E-state index is 0.230. The van der Waals surface area contributed by atoms with Crippen LogP contribution in [-0.2, 0) is 17.9 Å². The lowest BCUT2D eigenvalue weighted by molar-refractivity contribution is -0.137. The molecule has 3 aromatic rings. The summed E-state index contributed by atoms with van der Waals surface area (Å²) in [7, 11) is 0. The number of fused-ring (bicyclic) bond motifs is 1. The van der Waals surface area contributed by atoms with Crippen LogP contribution in [0.15, 0.2) is 24.5 Å². The van der Waals surface area contributed by atoms with Gasteiger partial charge in [0.15, 0.2) is 5.82 Å². The molecule has 1 unspecified atom stereocenters. The molecule has 1 atom stereocenters. The van der Waals surface area contributed by atoms with Gasteiger partial charge in [-0.3, -0.25) is 9.48 Å². The highest BCUT2D eigenvalue weighted by atomic mass is 16.4. The Morgan fingerprint density at radius 3 is 2.48 bits per heavy atom. The van der Waals surface area contributed by atoms with Crippen molar-refractivity contribution in [1.82, 2.24) is 19.7 Å². The molecule has 2 aromatic heterocycles. The fourth-order valence-corrected chi connectivity index (χ4v) is 2.85. The van der Waals surface area contributed by atoms with E-state index in [0.717, 1.165) is 16.7 Å². The van der Waals surface area contributed by atoms with Crippen LogP contribution in [0.1, 0.15) is 30.1 Å². The van der Waals surface area contributed by atoms with Crippen LogP contribution < -0.4 is 0 Å². The summed E-state index contributed by atoms with van der Waals surface area (Å²) >= 11 is 0. The minimum Gasteiger partial charge on any atom is -0.480 e. The fraction of sp³-hybridized carbons (Fsp3) is 0.294. The summed E-state index contributed by atoms with van der Waals surface area (Å²) in [6.45, 7) is 2.94. The van der Waals surface area contributed by atoms with Gasteiger partial charge < -0.3 is 15.3 Å². The predicted octanol–water partition coefficient (Wildman–Crippen LogP) is 1.43. The number of aliphatic carboxylic acids is 1. The Bertz CT molecular complexity index is 932. The number of rotatable bonds is 5. The number of aryl methyl sites for hydroxylation is 1. The van der Waals surface area contributed by atoms with E-state index in [4.69, 9.17) is 10.2 Å². The molecule has 3 rings (SSSR count). The molecule has 3 N–H and O–H groups in total. The second-order valence-corrected chi connectivity index (χ2v) is 5.85. The Kier molecular flexibility index (Phi) is 4.47. The number of aromatic nitrogens is 4. The molecule has 0 bridgehead atoms. The number of hydrogen-bond acceptors (Lipinski definition) is 6. The third-order valence-corrected chi connectivity index (χ3v) is 3.92. The molecule has 2 heterocycles. The summed E-state index contributed by atoms with van der Waals surface area (Å²) in [6, 6.07) is 3.73. The predicted molar refractivity (Wildman–Crippen MR) is 89.7 cm³/mol. The first-order valence-electron chi connectivity index (χ1n) is 7.73. The smallest absolute Gasteiger partial charge is 0.325 e. The van der Waals surface area contributed by atoms with Gasteiger partial charge in [0.25, 0.3) is 0 Å². The Labute approximate surface area is 143 Å². The quantitative estimate of drug-likeness (QED) is 0.641. The maximum Gasteiger partial charge on any atom is 0.325 e. The zero-order valence-electron chi connectivity index (χ0n) is 13.8. The molecule has 0 aliphatic rings. The van der Waals surface area contributed by atoms with Gasteiger partial charge in [-0.25, -0.2) is 9.97 Å². The molecular formula is C17H18N4O4.